The average Bonchev–Trinajstić information content (AvgIpc) is 2.87. The van der Waals surface area contributed by atoms with E-state index in [-0.39, 0.29) is 24.1 Å². The van der Waals surface area contributed by atoms with Crippen LogP contribution in [0.25, 0.3) is 0 Å². The van der Waals surface area contributed by atoms with Gasteiger partial charge in [-0.3, -0.25) is 4.79 Å². The number of rotatable bonds is 17. The Hall–Kier alpha value is -2.70. The van der Waals surface area contributed by atoms with E-state index < -0.39 is 6.10 Å². The zero-order valence-electron chi connectivity index (χ0n) is 23.7. The Morgan fingerprint density at radius 3 is 2.18 bits per heavy atom. The monoisotopic (exact) mass is 546 g/mol. The molecule has 210 valence electrons. The summed E-state index contributed by atoms with van der Waals surface area (Å²) >= 11 is 5.99. The number of unbranched alkanes of at least 4 members (excludes halogenated alkanes) is 1. The van der Waals surface area contributed by atoms with E-state index in [9.17, 15) is 4.79 Å². The summed E-state index contributed by atoms with van der Waals surface area (Å²) in [5.74, 6) is 2.11. The van der Waals surface area contributed by atoms with Gasteiger partial charge in [-0.15, -0.1) is 11.6 Å². The van der Waals surface area contributed by atoms with E-state index in [0.29, 0.717) is 37.2 Å². The number of esters is 1. The summed E-state index contributed by atoms with van der Waals surface area (Å²) in [5.41, 5.74) is 3.12. The van der Waals surface area contributed by atoms with Crippen LogP contribution in [0.15, 0.2) is 54.8 Å². The second-order valence-electron chi connectivity index (χ2n) is 10.0. The maximum atomic E-state index is 11.5. The number of ether oxygens (including phenoxy) is 5. The molecule has 0 saturated carbocycles. The predicted octanol–water partition coefficient (Wildman–Crippen LogP) is 6.98. The molecule has 0 amide bonds. The van der Waals surface area contributed by atoms with E-state index >= 15 is 0 Å². The van der Waals surface area contributed by atoms with Crippen molar-refractivity contribution in [2.45, 2.75) is 72.0 Å². The number of carbonyl (C=O) groups is 1. The largest absolute Gasteiger partial charge is 0.491 e. The second-order valence-corrected chi connectivity index (χ2v) is 10.3. The van der Waals surface area contributed by atoms with Crippen molar-refractivity contribution in [3.63, 3.8) is 0 Å². The SMILES string of the molecule is C=C(C)O[C@H](CCl)COc1ccc(C(C)(C)c2ccc(OC[C@H](COCCCC)OC(C)=O)cc2)cc1C. The highest BCUT2D eigenvalue weighted by Crippen LogP contribution is 2.35. The molecule has 0 saturated heterocycles. The van der Waals surface area contributed by atoms with Gasteiger partial charge in [-0.25, -0.2) is 0 Å². The van der Waals surface area contributed by atoms with Crippen LogP contribution < -0.4 is 9.47 Å². The summed E-state index contributed by atoms with van der Waals surface area (Å²) in [4.78, 5) is 11.5. The number of carbonyl (C=O) groups excluding carboxylic acids is 1. The fourth-order valence-electron chi connectivity index (χ4n) is 3.91. The van der Waals surface area contributed by atoms with Crippen molar-refractivity contribution < 1.29 is 28.5 Å². The number of hydrogen-bond donors (Lipinski definition) is 0. The first-order valence-electron chi connectivity index (χ1n) is 13.2. The van der Waals surface area contributed by atoms with Crippen LogP contribution in [0.3, 0.4) is 0 Å². The first-order chi connectivity index (χ1) is 18.1. The molecule has 0 aromatic heterocycles. The van der Waals surface area contributed by atoms with Gasteiger partial charge in [0.05, 0.1) is 18.2 Å². The Bertz CT molecular complexity index is 1020. The Morgan fingerprint density at radius 1 is 0.947 bits per heavy atom. The Kier molecular flexibility index (Phi) is 13.0. The van der Waals surface area contributed by atoms with Gasteiger partial charge in [-0.05, 0) is 55.2 Å². The number of benzene rings is 2. The lowest BCUT2D eigenvalue weighted by atomic mass is 9.77. The van der Waals surface area contributed by atoms with E-state index in [1.54, 1.807) is 6.92 Å². The highest BCUT2D eigenvalue weighted by Gasteiger charge is 2.24. The average molecular weight is 547 g/mol. The molecule has 0 bridgehead atoms. The summed E-state index contributed by atoms with van der Waals surface area (Å²) in [6, 6.07) is 14.2. The van der Waals surface area contributed by atoms with Crippen molar-refractivity contribution in [1.29, 1.82) is 0 Å². The third-order valence-corrected chi connectivity index (χ3v) is 6.50. The Balaban J connectivity index is 2.02. The normalized spacial score (nSPS) is 12.9. The third-order valence-electron chi connectivity index (χ3n) is 6.15. The number of halogens is 1. The molecule has 0 unspecified atom stereocenters. The molecular weight excluding hydrogens is 504 g/mol. The van der Waals surface area contributed by atoms with Gasteiger partial charge in [0.2, 0.25) is 0 Å². The van der Waals surface area contributed by atoms with Crippen LogP contribution in [0.5, 0.6) is 11.5 Å². The van der Waals surface area contributed by atoms with E-state index in [4.69, 9.17) is 35.3 Å². The van der Waals surface area contributed by atoms with E-state index in [1.807, 2.05) is 25.1 Å². The zero-order chi connectivity index (χ0) is 28.1. The molecule has 7 heteroatoms. The molecule has 0 radical (unpaired) electrons. The lowest BCUT2D eigenvalue weighted by molar-refractivity contribution is -0.151. The number of alkyl halides is 1. The highest BCUT2D eigenvalue weighted by atomic mass is 35.5. The minimum atomic E-state index is -0.448. The molecule has 2 aromatic carbocycles. The molecule has 0 spiro atoms. The molecule has 38 heavy (non-hydrogen) atoms. The van der Waals surface area contributed by atoms with Crippen LogP contribution >= 0.6 is 11.6 Å². The van der Waals surface area contributed by atoms with Crippen molar-refractivity contribution in [3.8, 4) is 11.5 Å². The Morgan fingerprint density at radius 2 is 1.61 bits per heavy atom. The van der Waals surface area contributed by atoms with Crippen molar-refractivity contribution in [2.75, 3.05) is 32.3 Å². The van der Waals surface area contributed by atoms with E-state index in [0.717, 1.165) is 29.7 Å². The van der Waals surface area contributed by atoms with Gasteiger partial charge in [0.15, 0.2) is 6.10 Å². The predicted molar refractivity (Wildman–Crippen MR) is 152 cm³/mol. The van der Waals surface area contributed by atoms with Gasteiger partial charge in [0.25, 0.3) is 0 Å². The lowest BCUT2D eigenvalue weighted by Crippen LogP contribution is -2.29. The molecule has 0 heterocycles. The third kappa shape index (κ3) is 10.2. The van der Waals surface area contributed by atoms with Gasteiger partial charge in [0, 0.05) is 18.9 Å². The van der Waals surface area contributed by atoms with Crippen LogP contribution in [-0.2, 0) is 24.4 Å². The van der Waals surface area contributed by atoms with Gasteiger partial charge in [0.1, 0.15) is 30.8 Å². The summed E-state index contributed by atoms with van der Waals surface area (Å²) in [6.07, 6.45) is 1.33. The van der Waals surface area contributed by atoms with Crippen LogP contribution in [0.4, 0.5) is 0 Å². The molecule has 0 aliphatic carbocycles. The summed E-state index contributed by atoms with van der Waals surface area (Å²) in [5, 5.41) is 0. The minimum Gasteiger partial charge on any atom is -0.491 e. The maximum Gasteiger partial charge on any atom is 0.303 e. The van der Waals surface area contributed by atoms with Crippen molar-refractivity contribution in [3.05, 3.63) is 71.5 Å². The minimum absolute atomic E-state index is 0.233. The van der Waals surface area contributed by atoms with Gasteiger partial charge in [-0.1, -0.05) is 58.0 Å². The maximum absolute atomic E-state index is 11.5. The summed E-state index contributed by atoms with van der Waals surface area (Å²) in [6.45, 7) is 17.0. The van der Waals surface area contributed by atoms with E-state index in [1.165, 1.54) is 12.5 Å². The molecule has 6 nitrogen and oxygen atoms in total. The van der Waals surface area contributed by atoms with E-state index in [2.05, 4.69) is 51.6 Å². The van der Waals surface area contributed by atoms with Crippen molar-refractivity contribution >= 4 is 17.6 Å². The van der Waals surface area contributed by atoms with Gasteiger partial charge < -0.3 is 23.7 Å². The zero-order valence-corrected chi connectivity index (χ0v) is 24.4. The summed E-state index contributed by atoms with van der Waals surface area (Å²) in [7, 11) is 0. The molecule has 0 aliphatic rings. The quantitative estimate of drug-likeness (QED) is 0.0922. The molecule has 0 fully saturated rings. The highest BCUT2D eigenvalue weighted by molar-refractivity contribution is 6.18. The fraction of sp³-hybridized carbons (Fsp3) is 0.516. The van der Waals surface area contributed by atoms with Crippen LogP contribution in [0.1, 0.15) is 64.2 Å². The number of aryl methyl sites for hydroxylation is 1. The summed E-state index contributed by atoms with van der Waals surface area (Å²) < 4.78 is 28.5. The first-order valence-corrected chi connectivity index (χ1v) is 13.7. The Labute approximate surface area is 233 Å². The number of hydrogen-bond acceptors (Lipinski definition) is 6. The molecule has 0 aliphatic heterocycles. The topological polar surface area (TPSA) is 63.2 Å². The van der Waals surface area contributed by atoms with Crippen LogP contribution in [0.2, 0.25) is 0 Å². The number of allylic oxidation sites excluding steroid dienone is 1. The van der Waals surface area contributed by atoms with Crippen molar-refractivity contribution in [2.24, 2.45) is 0 Å². The van der Waals surface area contributed by atoms with Crippen LogP contribution in [0, 0.1) is 6.92 Å². The second kappa shape index (κ2) is 15.6. The fourth-order valence-corrected chi connectivity index (χ4v) is 4.07. The molecule has 2 atom stereocenters. The van der Waals surface area contributed by atoms with Crippen molar-refractivity contribution in [1.82, 2.24) is 0 Å². The smallest absolute Gasteiger partial charge is 0.303 e. The standard InChI is InChI=1S/C31H43ClO6/c1-8-9-16-34-19-29(38-24(5)33)21-35-27-13-10-25(11-14-27)31(6,7)26-12-15-30(23(4)17-26)36-20-28(18-32)37-22(2)3/h10-15,17,28-29H,2,8-9,16,18-21H2,1,3-7H3/t28-,29+/m1/s1. The first kappa shape index (κ1) is 31.5. The molecule has 2 aromatic rings. The van der Waals surface area contributed by atoms with Gasteiger partial charge in [-0.2, -0.15) is 0 Å². The lowest BCUT2D eigenvalue weighted by Gasteiger charge is -2.27. The molecule has 2 rings (SSSR count). The van der Waals surface area contributed by atoms with Gasteiger partial charge >= 0.3 is 5.97 Å². The molecule has 0 N–H and O–H groups in total. The van der Waals surface area contributed by atoms with Crippen LogP contribution in [-0.4, -0.2) is 50.5 Å². The molecular formula is C31H43ClO6.